The van der Waals surface area contributed by atoms with Crippen LogP contribution in [0.1, 0.15) is 36.0 Å². The molecule has 56 heavy (non-hydrogen) atoms. The van der Waals surface area contributed by atoms with Crippen LogP contribution in [0, 0.1) is 0 Å². The monoisotopic (exact) mass is 805 g/mol. The van der Waals surface area contributed by atoms with Gasteiger partial charge in [-0.1, -0.05) is 78.9 Å². The Kier molecular flexibility index (Phi) is 13.8. The quantitative estimate of drug-likeness (QED) is 0.203. The predicted octanol–water partition coefficient (Wildman–Crippen LogP) is 5.12. The standard InChI is InChI=1S/C23H24F3NO4.C19H15N4.2ClH/c24-23(25,26)18-4-2-1-3-16(18)14-30-17-5-6-19-20(13-17)31-15-22(19)8-11-27(12-9-22)10-7-21(28)29;1-4-10-16(11-5-1)19-20-22(17-12-6-2-7-13-17)23(21-19)18-14-8-3-9-15-18;;/h1-6,13H,7-12,14-15H2,(H,28,29);1-15H;2*1H/q;+1;;/p-1. The summed E-state index contributed by atoms with van der Waals surface area (Å²) in [6.45, 7) is 2.53. The SMILES string of the molecule is Cl.O=C(O)CCN1CCC2(CC1)COc1cc(OCc3ccccc3C(F)(F)F)ccc12.[Cl-].c1ccc(-c2nn(-c3ccccc3)[n+](-c3ccccc3)n2)cc1. The van der Waals surface area contributed by atoms with Gasteiger partial charge in [0.05, 0.1) is 29.3 Å². The first-order valence-corrected chi connectivity index (χ1v) is 17.7. The van der Waals surface area contributed by atoms with Gasteiger partial charge in [0.15, 0.2) is 5.69 Å². The number of piperidine rings is 1. The molecule has 8 rings (SSSR count). The fraction of sp³-hybridized carbons (Fsp3) is 0.238. The van der Waals surface area contributed by atoms with Crippen LogP contribution in [0.2, 0.25) is 0 Å². The minimum Gasteiger partial charge on any atom is -1.00 e. The minimum atomic E-state index is -4.42. The average molecular weight is 807 g/mol. The first kappa shape index (κ1) is 41.7. The highest BCUT2D eigenvalue weighted by molar-refractivity contribution is 5.85. The van der Waals surface area contributed by atoms with E-state index in [9.17, 15) is 18.0 Å². The van der Waals surface area contributed by atoms with Gasteiger partial charge in [0.25, 0.3) is 0 Å². The Hall–Kier alpha value is -5.43. The molecule has 0 amide bonds. The van der Waals surface area contributed by atoms with Crippen LogP contribution in [0.25, 0.3) is 22.8 Å². The summed E-state index contributed by atoms with van der Waals surface area (Å²) < 4.78 is 51.1. The molecule has 1 saturated heterocycles. The Morgan fingerprint density at radius 3 is 2.14 bits per heavy atom. The maximum absolute atomic E-state index is 13.2. The molecule has 2 aliphatic heterocycles. The normalized spacial score (nSPS) is 14.3. The van der Waals surface area contributed by atoms with Crippen LogP contribution < -0.4 is 26.7 Å². The van der Waals surface area contributed by atoms with Crippen LogP contribution in [-0.2, 0) is 23.0 Å². The molecule has 6 aromatic rings. The van der Waals surface area contributed by atoms with E-state index in [0.29, 0.717) is 30.5 Å². The molecule has 2 aliphatic rings. The van der Waals surface area contributed by atoms with Crippen molar-refractivity contribution in [2.24, 2.45) is 0 Å². The molecule has 0 unspecified atom stereocenters. The lowest BCUT2D eigenvalue weighted by Crippen LogP contribution is -3.00. The molecule has 1 fully saturated rings. The number of carboxylic acid groups (broad SMARTS) is 1. The van der Waals surface area contributed by atoms with Crippen molar-refractivity contribution in [1.82, 2.24) is 19.9 Å². The van der Waals surface area contributed by atoms with E-state index >= 15 is 0 Å². The predicted molar refractivity (Wildman–Crippen MR) is 203 cm³/mol. The summed E-state index contributed by atoms with van der Waals surface area (Å²) in [6, 6.07) is 40.9. The molecule has 1 N–H and O–H groups in total. The molecule has 292 valence electrons. The fourth-order valence-corrected chi connectivity index (χ4v) is 6.84. The van der Waals surface area contributed by atoms with Crippen molar-refractivity contribution in [3.63, 3.8) is 0 Å². The van der Waals surface area contributed by atoms with Crippen molar-refractivity contribution in [2.45, 2.75) is 37.5 Å². The molecule has 0 aliphatic carbocycles. The molecular weight excluding hydrogens is 766 g/mol. The summed E-state index contributed by atoms with van der Waals surface area (Å²) >= 11 is 0. The van der Waals surface area contributed by atoms with E-state index in [0.717, 1.165) is 54.5 Å². The van der Waals surface area contributed by atoms with E-state index in [1.807, 2.05) is 107 Å². The van der Waals surface area contributed by atoms with E-state index in [4.69, 9.17) is 24.8 Å². The molecule has 1 spiro atoms. The topological polar surface area (TPSA) is 93.6 Å². The number of para-hydroxylation sites is 2. The molecule has 3 heterocycles. The van der Waals surface area contributed by atoms with Gasteiger partial charge >= 0.3 is 18.0 Å². The first-order chi connectivity index (χ1) is 26.2. The number of carboxylic acids is 1. The minimum absolute atomic E-state index is 0. The van der Waals surface area contributed by atoms with Gasteiger partial charge in [0.1, 0.15) is 23.8 Å². The lowest BCUT2D eigenvalue weighted by molar-refractivity contribution is -0.734. The Labute approximate surface area is 335 Å². The van der Waals surface area contributed by atoms with E-state index in [1.54, 1.807) is 18.2 Å². The van der Waals surface area contributed by atoms with Gasteiger partial charge < -0.3 is 31.9 Å². The Balaban J connectivity index is 0.000000215. The number of aromatic nitrogens is 4. The van der Waals surface area contributed by atoms with Gasteiger partial charge in [-0.15, -0.1) is 12.4 Å². The number of alkyl halides is 3. The van der Waals surface area contributed by atoms with Crippen LogP contribution in [0.4, 0.5) is 13.2 Å². The molecule has 1 aromatic heterocycles. The van der Waals surface area contributed by atoms with Crippen molar-refractivity contribution in [1.29, 1.82) is 0 Å². The smallest absolute Gasteiger partial charge is 0.416 e. The summed E-state index contributed by atoms with van der Waals surface area (Å²) in [5.74, 6) is 1.07. The number of halogens is 5. The lowest BCUT2D eigenvalue weighted by Gasteiger charge is -2.38. The Morgan fingerprint density at radius 1 is 0.857 bits per heavy atom. The molecule has 0 atom stereocenters. The molecule has 14 heteroatoms. The third kappa shape index (κ3) is 9.68. The van der Waals surface area contributed by atoms with Crippen molar-refractivity contribution in [2.75, 3.05) is 26.2 Å². The maximum Gasteiger partial charge on any atom is 0.416 e. The summed E-state index contributed by atoms with van der Waals surface area (Å²) in [6.07, 6.45) is -2.54. The number of ether oxygens (including phenoxy) is 2. The van der Waals surface area contributed by atoms with Crippen LogP contribution >= 0.6 is 12.4 Å². The first-order valence-electron chi connectivity index (χ1n) is 17.7. The van der Waals surface area contributed by atoms with Crippen molar-refractivity contribution < 1.29 is 49.7 Å². The number of nitrogens with zero attached hydrogens (tertiary/aromatic N) is 5. The Morgan fingerprint density at radius 2 is 1.48 bits per heavy atom. The van der Waals surface area contributed by atoms with Gasteiger partial charge in [-0.2, -0.15) is 13.2 Å². The van der Waals surface area contributed by atoms with Gasteiger partial charge in [-0.05, 0) is 84.4 Å². The number of hydrogen-bond acceptors (Lipinski definition) is 6. The zero-order valence-corrected chi connectivity index (χ0v) is 31.8. The van der Waals surface area contributed by atoms with Gasteiger partial charge in [-0.3, -0.25) is 4.79 Å². The van der Waals surface area contributed by atoms with Crippen molar-refractivity contribution in [3.05, 3.63) is 150 Å². The fourth-order valence-electron chi connectivity index (χ4n) is 6.84. The van der Waals surface area contributed by atoms with Crippen molar-refractivity contribution >= 4 is 18.4 Å². The maximum atomic E-state index is 13.2. The molecular formula is C42H40Cl2F3N5O4. The number of rotatable bonds is 9. The third-order valence-corrected chi connectivity index (χ3v) is 9.77. The summed E-state index contributed by atoms with van der Waals surface area (Å²) in [5, 5.41) is 18.3. The van der Waals surface area contributed by atoms with E-state index in [1.165, 1.54) is 12.1 Å². The number of aliphatic carboxylic acids is 1. The van der Waals surface area contributed by atoms with Gasteiger partial charge in [-0.25, -0.2) is 0 Å². The molecule has 0 radical (unpaired) electrons. The second kappa shape index (κ2) is 18.5. The summed E-state index contributed by atoms with van der Waals surface area (Å²) in [5.41, 5.74) is 3.30. The zero-order valence-electron chi connectivity index (χ0n) is 30.2. The number of tetrazole rings is 1. The summed E-state index contributed by atoms with van der Waals surface area (Å²) in [4.78, 5) is 16.6. The molecule has 0 bridgehead atoms. The van der Waals surface area contributed by atoms with Crippen LogP contribution in [0.15, 0.2) is 133 Å². The van der Waals surface area contributed by atoms with Crippen LogP contribution in [-0.4, -0.2) is 57.2 Å². The van der Waals surface area contributed by atoms with E-state index in [2.05, 4.69) is 4.90 Å². The van der Waals surface area contributed by atoms with Crippen LogP contribution in [0.5, 0.6) is 11.5 Å². The van der Waals surface area contributed by atoms with Crippen molar-refractivity contribution in [3.8, 4) is 34.3 Å². The van der Waals surface area contributed by atoms with E-state index in [-0.39, 0.29) is 48.8 Å². The number of benzene rings is 5. The number of fused-ring (bicyclic) bond motifs is 2. The number of hydrogen-bond donors (Lipinski definition) is 1. The second-order valence-corrected chi connectivity index (χ2v) is 13.3. The Bertz CT molecular complexity index is 2130. The highest BCUT2D eigenvalue weighted by Gasteiger charge is 2.43. The highest BCUT2D eigenvalue weighted by atomic mass is 35.5. The highest BCUT2D eigenvalue weighted by Crippen LogP contribution is 2.47. The summed E-state index contributed by atoms with van der Waals surface area (Å²) in [7, 11) is 0. The average Bonchev–Trinajstić information content (AvgIpc) is 3.80. The number of carbonyl (C=O) groups is 1. The molecule has 5 aromatic carbocycles. The zero-order chi connectivity index (χ0) is 37.5. The van der Waals surface area contributed by atoms with Crippen LogP contribution in [0.3, 0.4) is 0 Å². The lowest BCUT2D eigenvalue weighted by atomic mass is 9.74. The molecule has 0 saturated carbocycles. The van der Waals surface area contributed by atoms with Gasteiger partial charge in [0, 0.05) is 33.9 Å². The number of likely N-dealkylation sites (tertiary alicyclic amines) is 1. The second-order valence-electron chi connectivity index (χ2n) is 13.3. The molecule has 9 nitrogen and oxygen atoms in total. The van der Waals surface area contributed by atoms with Gasteiger partial charge in [0.2, 0.25) is 0 Å². The largest absolute Gasteiger partial charge is 1.00 e. The third-order valence-electron chi connectivity index (χ3n) is 9.77. The van der Waals surface area contributed by atoms with E-state index < -0.39 is 17.7 Å².